The van der Waals surface area contributed by atoms with Crippen LogP contribution in [0.5, 0.6) is 0 Å². The Balaban J connectivity index is 1.20. The Morgan fingerprint density at radius 3 is 2.40 bits per heavy atom. The molecule has 0 aliphatic carbocycles. The predicted octanol–water partition coefficient (Wildman–Crippen LogP) is 3.20. The molecule has 1 aliphatic heterocycles. The van der Waals surface area contributed by atoms with E-state index in [1.165, 1.54) is 18.3 Å². The van der Waals surface area contributed by atoms with Gasteiger partial charge >= 0.3 is 0 Å². The van der Waals surface area contributed by atoms with Crippen molar-refractivity contribution in [3.63, 3.8) is 0 Å². The molecule has 43 heavy (non-hydrogen) atoms. The summed E-state index contributed by atoms with van der Waals surface area (Å²) < 4.78 is 16.9. The van der Waals surface area contributed by atoms with Gasteiger partial charge in [0.05, 0.1) is 35.9 Å². The molecule has 0 N–H and O–H groups in total. The zero-order valence-electron chi connectivity index (χ0n) is 24.2. The third kappa shape index (κ3) is 5.67. The van der Waals surface area contributed by atoms with Crippen molar-refractivity contribution in [1.29, 1.82) is 5.26 Å². The highest BCUT2D eigenvalue weighted by molar-refractivity contribution is 5.85. The average molecular weight is 579 g/mol. The summed E-state index contributed by atoms with van der Waals surface area (Å²) in [6, 6.07) is 12.3. The molecular formula is C31H31FN10O. The van der Waals surface area contributed by atoms with Crippen LogP contribution in [-0.4, -0.2) is 91.9 Å². The number of anilines is 1. The van der Waals surface area contributed by atoms with Gasteiger partial charge in [-0.15, -0.1) is 0 Å². The fourth-order valence-electron chi connectivity index (χ4n) is 5.47. The van der Waals surface area contributed by atoms with Crippen LogP contribution in [0.1, 0.15) is 17.0 Å². The first-order valence-electron chi connectivity index (χ1n) is 14.0. The first-order valence-corrected chi connectivity index (χ1v) is 14.0. The molecule has 0 radical (unpaired) electrons. The molecule has 4 aromatic heterocycles. The molecule has 6 rings (SSSR count). The van der Waals surface area contributed by atoms with Crippen molar-refractivity contribution < 1.29 is 9.18 Å². The number of aromatic nitrogens is 6. The van der Waals surface area contributed by atoms with Crippen molar-refractivity contribution in [2.24, 2.45) is 7.05 Å². The lowest BCUT2D eigenvalue weighted by Gasteiger charge is -2.37. The molecule has 1 saturated heterocycles. The van der Waals surface area contributed by atoms with Crippen molar-refractivity contribution in [1.82, 2.24) is 39.2 Å². The highest BCUT2D eigenvalue weighted by atomic mass is 19.1. The standard InChI is InChI=1S/C31H31FN10O/c1-38(2)19-26(21-4-7-25(32)8-5-21)31(43)41-12-10-40(11-13-41)28-9-6-22(15-34-28)29-30-23(14-33)16-36-42(30)20-27(37-29)24-17-35-39(3)18-24/h4-9,15-18,20,26H,10-13,19H2,1-3H3. The summed E-state index contributed by atoms with van der Waals surface area (Å²) in [4.78, 5) is 29.2. The Kier molecular flexibility index (Phi) is 7.56. The van der Waals surface area contributed by atoms with Gasteiger partial charge < -0.3 is 14.7 Å². The molecule has 5 heterocycles. The summed E-state index contributed by atoms with van der Waals surface area (Å²) in [5.41, 5.74) is 4.75. The van der Waals surface area contributed by atoms with Crippen LogP contribution in [0.3, 0.4) is 0 Å². The second-order valence-corrected chi connectivity index (χ2v) is 10.9. The van der Waals surface area contributed by atoms with Crippen LogP contribution in [0.4, 0.5) is 10.2 Å². The molecule has 1 unspecified atom stereocenters. The van der Waals surface area contributed by atoms with E-state index in [1.807, 2.05) is 49.3 Å². The number of aryl methyl sites for hydroxylation is 1. The average Bonchev–Trinajstić information content (AvgIpc) is 3.65. The fraction of sp³-hybridized carbons (Fsp3) is 0.290. The highest BCUT2D eigenvalue weighted by Gasteiger charge is 2.29. The monoisotopic (exact) mass is 578 g/mol. The number of carbonyl (C=O) groups is 1. The zero-order chi connectivity index (χ0) is 30.1. The van der Waals surface area contributed by atoms with Gasteiger partial charge in [-0.2, -0.15) is 15.5 Å². The number of nitriles is 1. The van der Waals surface area contributed by atoms with E-state index >= 15 is 0 Å². The minimum Gasteiger partial charge on any atom is -0.353 e. The number of halogens is 1. The normalized spacial score (nSPS) is 14.3. The van der Waals surface area contributed by atoms with E-state index in [0.29, 0.717) is 55.2 Å². The van der Waals surface area contributed by atoms with E-state index in [2.05, 4.69) is 21.2 Å². The lowest BCUT2D eigenvalue weighted by atomic mass is 9.96. The van der Waals surface area contributed by atoms with Crippen LogP contribution >= 0.6 is 0 Å². The second-order valence-electron chi connectivity index (χ2n) is 10.9. The van der Waals surface area contributed by atoms with Crippen LogP contribution in [0, 0.1) is 17.1 Å². The van der Waals surface area contributed by atoms with E-state index in [-0.39, 0.29) is 17.6 Å². The van der Waals surface area contributed by atoms with Crippen molar-refractivity contribution in [2.45, 2.75) is 5.92 Å². The molecule has 1 amide bonds. The Labute approximate surface area is 248 Å². The smallest absolute Gasteiger partial charge is 0.231 e. The maximum Gasteiger partial charge on any atom is 0.231 e. The van der Waals surface area contributed by atoms with Crippen LogP contribution in [0.25, 0.3) is 28.0 Å². The van der Waals surface area contributed by atoms with E-state index in [1.54, 1.807) is 39.9 Å². The maximum atomic E-state index is 13.6. The largest absolute Gasteiger partial charge is 0.353 e. The number of pyridine rings is 1. The van der Waals surface area contributed by atoms with Gasteiger partial charge in [0.15, 0.2) is 0 Å². The fourth-order valence-corrected chi connectivity index (χ4v) is 5.47. The number of likely N-dealkylation sites (N-methyl/N-ethyl adjacent to an activating group) is 1. The Morgan fingerprint density at radius 2 is 1.77 bits per heavy atom. The number of rotatable bonds is 7. The van der Waals surface area contributed by atoms with Gasteiger partial charge in [0, 0.05) is 63.3 Å². The van der Waals surface area contributed by atoms with Gasteiger partial charge in [-0.25, -0.2) is 18.9 Å². The van der Waals surface area contributed by atoms with Crippen LogP contribution in [0.2, 0.25) is 0 Å². The van der Waals surface area contributed by atoms with E-state index in [0.717, 1.165) is 22.5 Å². The highest BCUT2D eigenvalue weighted by Crippen LogP contribution is 2.30. The predicted molar refractivity (Wildman–Crippen MR) is 160 cm³/mol. The van der Waals surface area contributed by atoms with Crippen molar-refractivity contribution in [3.8, 4) is 28.6 Å². The van der Waals surface area contributed by atoms with Crippen molar-refractivity contribution in [2.75, 3.05) is 51.7 Å². The van der Waals surface area contributed by atoms with Gasteiger partial charge in [-0.05, 0) is 43.9 Å². The maximum absolute atomic E-state index is 13.6. The molecular weight excluding hydrogens is 547 g/mol. The number of piperazine rings is 1. The van der Waals surface area contributed by atoms with Crippen molar-refractivity contribution in [3.05, 3.63) is 84.3 Å². The Bertz CT molecular complexity index is 1800. The minimum absolute atomic E-state index is 0.0426. The van der Waals surface area contributed by atoms with Crippen LogP contribution < -0.4 is 4.90 Å². The number of hydrogen-bond acceptors (Lipinski definition) is 8. The summed E-state index contributed by atoms with van der Waals surface area (Å²) in [6.07, 6.45) is 8.70. The SMILES string of the molecule is CN(C)CC(C(=O)N1CCN(c2ccc(-c3nc(-c4cnn(C)c4)cn4ncc(C#N)c34)cn2)CC1)c1ccc(F)cc1. The number of amides is 1. The topological polar surface area (TPSA) is 111 Å². The summed E-state index contributed by atoms with van der Waals surface area (Å²) in [5.74, 6) is 0.158. The first kappa shape index (κ1) is 28.0. The van der Waals surface area contributed by atoms with Gasteiger partial charge in [0.2, 0.25) is 5.91 Å². The third-order valence-electron chi connectivity index (χ3n) is 7.67. The van der Waals surface area contributed by atoms with E-state index < -0.39 is 0 Å². The number of carbonyl (C=O) groups excluding carboxylic acids is 1. The Hall–Kier alpha value is -5.15. The van der Waals surface area contributed by atoms with Gasteiger partial charge in [0.1, 0.15) is 28.8 Å². The van der Waals surface area contributed by atoms with Crippen LogP contribution in [-0.2, 0) is 11.8 Å². The molecule has 1 aromatic carbocycles. The van der Waals surface area contributed by atoms with E-state index in [4.69, 9.17) is 9.97 Å². The summed E-state index contributed by atoms with van der Waals surface area (Å²) in [6.45, 7) is 2.93. The Morgan fingerprint density at radius 1 is 1.00 bits per heavy atom. The number of fused-ring (bicyclic) bond motifs is 1. The van der Waals surface area contributed by atoms with Gasteiger partial charge in [-0.3, -0.25) is 9.48 Å². The quantitative estimate of drug-likeness (QED) is 0.290. The molecule has 1 atom stereocenters. The van der Waals surface area contributed by atoms with E-state index in [9.17, 15) is 14.4 Å². The summed E-state index contributed by atoms with van der Waals surface area (Å²) in [7, 11) is 5.71. The molecule has 5 aromatic rings. The number of benzene rings is 1. The molecule has 0 saturated carbocycles. The van der Waals surface area contributed by atoms with Gasteiger partial charge in [-0.1, -0.05) is 12.1 Å². The minimum atomic E-state index is -0.367. The molecule has 0 spiro atoms. The molecule has 12 heteroatoms. The van der Waals surface area contributed by atoms with Crippen molar-refractivity contribution >= 4 is 17.2 Å². The summed E-state index contributed by atoms with van der Waals surface area (Å²) in [5, 5.41) is 18.3. The van der Waals surface area contributed by atoms with Gasteiger partial charge in [0.25, 0.3) is 0 Å². The number of hydrogen-bond donors (Lipinski definition) is 0. The molecule has 1 fully saturated rings. The summed E-state index contributed by atoms with van der Waals surface area (Å²) >= 11 is 0. The molecule has 11 nitrogen and oxygen atoms in total. The first-order chi connectivity index (χ1) is 20.8. The second kappa shape index (κ2) is 11.6. The molecule has 0 bridgehead atoms. The molecule has 1 aliphatic rings. The lowest BCUT2D eigenvalue weighted by Crippen LogP contribution is -2.51. The lowest BCUT2D eigenvalue weighted by molar-refractivity contribution is -0.133. The third-order valence-corrected chi connectivity index (χ3v) is 7.67. The molecule has 218 valence electrons. The number of nitrogens with zero attached hydrogens (tertiary/aromatic N) is 10. The zero-order valence-corrected chi connectivity index (χ0v) is 24.2. The van der Waals surface area contributed by atoms with Crippen LogP contribution in [0.15, 0.2) is 67.4 Å².